The molecule has 2 saturated carbocycles. The molecule has 76 valence electrons. The SMILES string of the molecule is N#Cc1ccc2c(c1)[C@@H]1[C@@H]3C=C[C@@H]3[C@@H]3[C@@H]2[C@@H]13. The Balaban J connectivity index is 1.75. The highest BCUT2D eigenvalue weighted by Gasteiger charge is 2.71. The molecule has 1 aromatic carbocycles. The molecule has 4 aliphatic rings. The third-order valence-electron chi connectivity index (χ3n) is 5.34. The summed E-state index contributed by atoms with van der Waals surface area (Å²) in [6.45, 7) is 0. The summed E-state index contributed by atoms with van der Waals surface area (Å²) in [6.07, 6.45) is 4.81. The van der Waals surface area contributed by atoms with E-state index < -0.39 is 0 Å². The van der Waals surface area contributed by atoms with Gasteiger partial charge in [0.05, 0.1) is 11.6 Å². The minimum atomic E-state index is 0.758. The fourth-order valence-corrected chi connectivity index (χ4v) is 4.75. The van der Waals surface area contributed by atoms with Crippen molar-refractivity contribution in [3.05, 3.63) is 47.0 Å². The van der Waals surface area contributed by atoms with Gasteiger partial charge in [-0.3, -0.25) is 0 Å². The zero-order chi connectivity index (χ0) is 10.4. The zero-order valence-electron chi connectivity index (χ0n) is 8.80. The molecule has 1 heteroatoms. The van der Waals surface area contributed by atoms with Gasteiger partial charge in [-0.15, -0.1) is 0 Å². The number of benzene rings is 1. The largest absolute Gasteiger partial charge is 0.192 e. The van der Waals surface area contributed by atoms with Crippen molar-refractivity contribution in [2.45, 2.75) is 11.8 Å². The molecule has 0 radical (unpaired) electrons. The molecule has 2 fully saturated rings. The number of nitrogens with zero attached hydrogens (tertiary/aromatic N) is 1. The number of hydrogen-bond donors (Lipinski definition) is 0. The first-order chi connectivity index (χ1) is 7.90. The van der Waals surface area contributed by atoms with Crippen molar-refractivity contribution in [2.75, 3.05) is 0 Å². The standard InChI is InChI=1S/C15H11N/c16-6-7-1-2-10-11(5-7)12-8-3-4-9(8)13-14(10)15(12)13/h1-5,8-9,12-15H/t8-,9+,12+,13-,14-,15+/m1/s1. The molecular formula is C15H11N. The van der Waals surface area contributed by atoms with E-state index in [1.807, 2.05) is 6.07 Å². The van der Waals surface area contributed by atoms with Gasteiger partial charge in [-0.05, 0) is 58.8 Å². The molecule has 0 spiro atoms. The average Bonchev–Trinajstić information content (AvgIpc) is 2.81. The van der Waals surface area contributed by atoms with E-state index in [2.05, 4.69) is 30.4 Å². The Morgan fingerprint density at radius 2 is 1.81 bits per heavy atom. The first-order valence-corrected chi connectivity index (χ1v) is 6.12. The molecular weight excluding hydrogens is 194 g/mol. The van der Waals surface area contributed by atoms with Gasteiger partial charge in [0.1, 0.15) is 0 Å². The van der Waals surface area contributed by atoms with Crippen molar-refractivity contribution in [1.29, 1.82) is 5.26 Å². The van der Waals surface area contributed by atoms with Gasteiger partial charge in [0.15, 0.2) is 0 Å². The van der Waals surface area contributed by atoms with E-state index >= 15 is 0 Å². The van der Waals surface area contributed by atoms with Crippen molar-refractivity contribution in [1.82, 2.24) is 0 Å². The second kappa shape index (κ2) is 2.11. The lowest BCUT2D eigenvalue weighted by molar-refractivity contribution is 0.398. The predicted octanol–water partition coefficient (Wildman–Crippen LogP) is 2.80. The monoisotopic (exact) mass is 205 g/mol. The van der Waals surface area contributed by atoms with Crippen LogP contribution in [0.5, 0.6) is 0 Å². The van der Waals surface area contributed by atoms with Gasteiger partial charge in [0.25, 0.3) is 0 Å². The smallest absolute Gasteiger partial charge is 0.0991 e. The van der Waals surface area contributed by atoms with E-state index in [0.717, 1.165) is 41.1 Å². The molecule has 0 aliphatic heterocycles. The summed E-state index contributed by atoms with van der Waals surface area (Å²) in [4.78, 5) is 0. The first kappa shape index (κ1) is 7.68. The summed E-state index contributed by atoms with van der Waals surface area (Å²) in [5, 5.41) is 8.98. The van der Waals surface area contributed by atoms with Crippen molar-refractivity contribution in [3.63, 3.8) is 0 Å². The highest BCUT2D eigenvalue weighted by Crippen LogP contribution is 2.80. The first-order valence-electron chi connectivity index (χ1n) is 6.12. The molecule has 6 atom stereocenters. The van der Waals surface area contributed by atoms with Crippen LogP contribution in [0.25, 0.3) is 0 Å². The van der Waals surface area contributed by atoms with E-state index in [0.29, 0.717) is 0 Å². The zero-order valence-corrected chi connectivity index (χ0v) is 8.80. The molecule has 0 N–H and O–H groups in total. The maximum atomic E-state index is 8.98. The van der Waals surface area contributed by atoms with Gasteiger partial charge < -0.3 is 0 Å². The molecule has 1 aromatic rings. The normalized spacial score (nSPS) is 47.7. The van der Waals surface area contributed by atoms with E-state index in [1.54, 1.807) is 5.56 Å². The maximum Gasteiger partial charge on any atom is 0.0991 e. The number of hydrogen-bond acceptors (Lipinski definition) is 1. The second-order valence-electron chi connectivity index (χ2n) is 5.70. The van der Waals surface area contributed by atoms with Crippen molar-refractivity contribution < 1.29 is 0 Å². The van der Waals surface area contributed by atoms with Crippen LogP contribution in [0, 0.1) is 35.0 Å². The quantitative estimate of drug-likeness (QED) is 0.597. The van der Waals surface area contributed by atoms with Crippen LogP contribution in [-0.4, -0.2) is 0 Å². The van der Waals surface area contributed by atoms with Gasteiger partial charge in [0.2, 0.25) is 0 Å². The van der Waals surface area contributed by atoms with Crippen LogP contribution in [0.15, 0.2) is 30.4 Å². The molecule has 0 heterocycles. The summed E-state index contributed by atoms with van der Waals surface area (Å²) >= 11 is 0. The van der Waals surface area contributed by atoms with Crippen LogP contribution >= 0.6 is 0 Å². The highest BCUT2D eigenvalue weighted by molar-refractivity contribution is 5.56. The average molecular weight is 205 g/mol. The van der Waals surface area contributed by atoms with Crippen LogP contribution in [0.3, 0.4) is 0 Å². The summed E-state index contributed by atoms with van der Waals surface area (Å²) in [6, 6.07) is 8.63. The Morgan fingerprint density at radius 3 is 2.56 bits per heavy atom. The Kier molecular flexibility index (Phi) is 1.01. The molecule has 0 unspecified atom stereocenters. The van der Waals surface area contributed by atoms with Crippen LogP contribution in [0.4, 0.5) is 0 Å². The molecule has 4 aliphatic carbocycles. The van der Waals surface area contributed by atoms with Crippen LogP contribution in [0.1, 0.15) is 28.5 Å². The fourth-order valence-electron chi connectivity index (χ4n) is 4.75. The molecule has 5 rings (SSSR count). The summed E-state index contributed by atoms with van der Waals surface area (Å²) in [7, 11) is 0. The minimum Gasteiger partial charge on any atom is -0.192 e. The Bertz CT molecular complexity index is 592. The van der Waals surface area contributed by atoms with Crippen LogP contribution < -0.4 is 0 Å². The Morgan fingerprint density at radius 1 is 0.938 bits per heavy atom. The van der Waals surface area contributed by atoms with E-state index in [9.17, 15) is 0 Å². The lowest BCUT2D eigenvalue weighted by Gasteiger charge is -2.28. The van der Waals surface area contributed by atoms with E-state index in [-0.39, 0.29) is 0 Å². The molecule has 0 aromatic heterocycles. The summed E-state index contributed by atoms with van der Waals surface area (Å²) in [5.41, 5.74) is 3.90. The second-order valence-corrected chi connectivity index (χ2v) is 5.70. The van der Waals surface area contributed by atoms with Crippen LogP contribution in [0.2, 0.25) is 0 Å². The number of allylic oxidation sites excluding steroid dienone is 2. The van der Waals surface area contributed by atoms with Gasteiger partial charge in [-0.25, -0.2) is 0 Å². The molecule has 16 heavy (non-hydrogen) atoms. The number of rotatable bonds is 0. The predicted molar refractivity (Wildman–Crippen MR) is 59.7 cm³/mol. The minimum absolute atomic E-state index is 0.758. The van der Waals surface area contributed by atoms with Gasteiger partial charge in [-0.2, -0.15) is 5.26 Å². The lowest BCUT2D eigenvalue weighted by Crippen LogP contribution is -2.20. The maximum absolute atomic E-state index is 8.98. The molecule has 0 amide bonds. The topological polar surface area (TPSA) is 23.8 Å². The van der Waals surface area contributed by atoms with Crippen molar-refractivity contribution in [3.8, 4) is 6.07 Å². The number of nitriles is 1. The molecule has 0 bridgehead atoms. The van der Waals surface area contributed by atoms with E-state index in [4.69, 9.17) is 5.26 Å². The lowest BCUT2D eigenvalue weighted by atomic mass is 9.76. The highest BCUT2D eigenvalue weighted by atomic mass is 14.7. The summed E-state index contributed by atoms with van der Waals surface area (Å²) < 4.78 is 0. The van der Waals surface area contributed by atoms with E-state index in [1.165, 1.54) is 5.56 Å². The Labute approximate surface area is 94.4 Å². The molecule has 0 saturated heterocycles. The van der Waals surface area contributed by atoms with Crippen LogP contribution in [-0.2, 0) is 0 Å². The van der Waals surface area contributed by atoms with Gasteiger partial charge in [0, 0.05) is 0 Å². The van der Waals surface area contributed by atoms with Crippen molar-refractivity contribution in [2.24, 2.45) is 23.7 Å². The third kappa shape index (κ3) is 0.593. The number of fused-ring (bicyclic) bond motifs is 7. The van der Waals surface area contributed by atoms with Gasteiger partial charge >= 0.3 is 0 Å². The fraction of sp³-hybridized carbons (Fsp3) is 0.400. The summed E-state index contributed by atoms with van der Waals surface area (Å²) in [5.74, 6) is 5.17. The van der Waals surface area contributed by atoms with Crippen molar-refractivity contribution >= 4 is 0 Å². The Hall–Kier alpha value is -1.55. The van der Waals surface area contributed by atoms with Gasteiger partial charge in [-0.1, -0.05) is 18.2 Å². The molecule has 1 nitrogen and oxygen atoms in total. The third-order valence-corrected chi connectivity index (χ3v) is 5.34.